The summed E-state index contributed by atoms with van der Waals surface area (Å²) in [5.41, 5.74) is 0. The second-order valence-corrected chi connectivity index (χ2v) is 8.49. The molecule has 27 heavy (non-hydrogen) atoms. The van der Waals surface area contributed by atoms with Gasteiger partial charge in [0.05, 0.1) is 19.5 Å². The molecule has 2 unspecified atom stereocenters. The molecule has 0 spiro atoms. The lowest BCUT2D eigenvalue weighted by Gasteiger charge is -2.50. The van der Waals surface area contributed by atoms with Crippen LogP contribution < -0.4 is 0 Å². The number of rotatable bonds is 7. The standard InChI is InChI=1S/C21H40N4O2/c1-6-7-8-9-10-21(22-13-11-17(2)24(15-22)19(4)26)23-14-12-18(3)25(16-23)20(5)27/h17-18,21H,6-16H2,1-5H3. The molecule has 0 aliphatic carbocycles. The molecule has 2 aliphatic rings. The van der Waals surface area contributed by atoms with Crippen molar-refractivity contribution in [3.63, 3.8) is 0 Å². The predicted octanol–water partition coefficient (Wildman–Crippen LogP) is 3.08. The van der Waals surface area contributed by atoms with Gasteiger partial charge in [0, 0.05) is 39.0 Å². The summed E-state index contributed by atoms with van der Waals surface area (Å²) < 4.78 is 0. The maximum absolute atomic E-state index is 12.1. The first-order valence-electron chi connectivity index (χ1n) is 10.9. The molecule has 0 bridgehead atoms. The first-order chi connectivity index (χ1) is 12.8. The average Bonchev–Trinajstić information content (AvgIpc) is 2.63. The van der Waals surface area contributed by atoms with Crippen molar-refractivity contribution < 1.29 is 9.59 Å². The number of hydrogen-bond acceptors (Lipinski definition) is 4. The van der Waals surface area contributed by atoms with Crippen LogP contribution >= 0.6 is 0 Å². The van der Waals surface area contributed by atoms with Crippen LogP contribution in [0.15, 0.2) is 0 Å². The van der Waals surface area contributed by atoms with Crippen molar-refractivity contribution in [2.75, 3.05) is 26.4 Å². The summed E-state index contributed by atoms with van der Waals surface area (Å²) in [5, 5.41) is 0. The Balaban J connectivity index is 2.10. The molecule has 0 saturated carbocycles. The SMILES string of the molecule is CCCCCCC(N1CCC(C)N(C(C)=O)C1)N1CCC(C)N(C(C)=O)C1. The molecule has 2 atom stereocenters. The van der Waals surface area contributed by atoms with Crippen molar-refractivity contribution in [1.82, 2.24) is 19.6 Å². The molecule has 2 aliphatic heterocycles. The number of amides is 2. The molecule has 2 saturated heterocycles. The summed E-state index contributed by atoms with van der Waals surface area (Å²) in [7, 11) is 0. The third kappa shape index (κ3) is 5.92. The van der Waals surface area contributed by atoms with E-state index in [9.17, 15) is 9.59 Å². The van der Waals surface area contributed by atoms with Crippen LogP contribution in [-0.4, -0.2) is 76.1 Å². The van der Waals surface area contributed by atoms with Crippen LogP contribution in [-0.2, 0) is 9.59 Å². The fourth-order valence-electron chi connectivity index (χ4n) is 4.48. The Morgan fingerprint density at radius 3 is 1.74 bits per heavy atom. The Labute approximate surface area is 165 Å². The molecular formula is C21H40N4O2. The summed E-state index contributed by atoms with van der Waals surface area (Å²) in [4.78, 5) is 33.1. The first kappa shape index (κ1) is 22.2. The monoisotopic (exact) mass is 380 g/mol. The fourth-order valence-corrected chi connectivity index (χ4v) is 4.48. The van der Waals surface area contributed by atoms with E-state index in [0.29, 0.717) is 31.6 Å². The lowest BCUT2D eigenvalue weighted by Crippen LogP contribution is -2.62. The third-order valence-electron chi connectivity index (χ3n) is 6.37. The van der Waals surface area contributed by atoms with Gasteiger partial charge in [-0.2, -0.15) is 0 Å². The molecule has 156 valence electrons. The molecule has 2 rings (SSSR count). The number of hydrogen-bond donors (Lipinski definition) is 0. The highest BCUT2D eigenvalue weighted by atomic mass is 16.2. The van der Waals surface area contributed by atoms with Gasteiger partial charge in [-0.1, -0.05) is 32.6 Å². The highest BCUT2D eigenvalue weighted by Crippen LogP contribution is 2.25. The van der Waals surface area contributed by atoms with Crippen LogP contribution in [0.5, 0.6) is 0 Å². The smallest absolute Gasteiger partial charge is 0.220 e. The van der Waals surface area contributed by atoms with Crippen LogP contribution in [0.25, 0.3) is 0 Å². The Hall–Kier alpha value is -1.14. The Morgan fingerprint density at radius 1 is 0.852 bits per heavy atom. The lowest BCUT2D eigenvalue weighted by atomic mass is 10.0. The minimum absolute atomic E-state index is 0.162. The summed E-state index contributed by atoms with van der Waals surface area (Å²) in [6.07, 6.45) is 8.44. The Kier molecular flexibility index (Phi) is 8.55. The van der Waals surface area contributed by atoms with Crippen molar-refractivity contribution in [2.45, 2.75) is 97.8 Å². The molecule has 0 aromatic carbocycles. The molecular weight excluding hydrogens is 340 g/mol. The van der Waals surface area contributed by atoms with Gasteiger partial charge in [-0.3, -0.25) is 19.4 Å². The van der Waals surface area contributed by atoms with Crippen molar-refractivity contribution >= 4 is 11.8 Å². The maximum Gasteiger partial charge on any atom is 0.220 e. The largest absolute Gasteiger partial charge is 0.327 e. The third-order valence-corrected chi connectivity index (χ3v) is 6.37. The molecule has 0 aromatic heterocycles. The molecule has 0 N–H and O–H groups in total. The molecule has 2 fully saturated rings. The molecule has 2 heterocycles. The Bertz CT molecular complexity index is 461. The predicted molar refractivity (Wildman–Crippen MR) is 109 cm³/mol. The van der Waals surface area contributed by atoms with E-state index >= 15 is 0 Å². The average molecular weight is 381 g/mol. The van der Waals surface area contributed by atoms with E-state index in [4.69, 9.17) is 0 Å². The first-order valence-corrected chi connectivity index (χ1v) is 10.9. The maximum atomic E-state index is 12.1. The van der Waals surface area contributed by atoms with E-state index in [1.54, 1.807) is 13.8 Å². The van der Waals surface area contributed by atoms with E-state index in [-0.39, 0.29) is 11.8 Å². The van der Waals surface area contributed by atoms with Crippen LogP contribution in [0.1, 0.15) is 79.6 Å². The van der Waals surface area contributed by atoms with Gasteiger partial charge in [0.1, 0.15) is 0 Å². The van der Waals surface area contributed by atoms with Crippen LogP contribution in [0.2, 0.25) is 0 Å². The topological polar surface area (TPSA) is 47.1 Å². The lowest BCUT2D eigenvalue weighted by molar-refractivity contribution is -0.145. The van der Waals surface area contributed by atoms with E-state index in [1.165, 1.54) is 25.7 Å². The van der Waals surface area contributed by atoms with Gasteiger partial charge >= 0.3 is 0 Å². The normalized spacial score (nSPS) is 26.3. The summed E-state index contributed by atoms with van der Waals surface area (Å²) in [6.45, 7) is 13.4. The van der Waals surface area contributed by atoms with E-state index in [0.717, 1.165) is 32.4 Å². The van der Waals surface area contributed by atoms with Gasteiger partial charge in [0.2, 0.25) is 11.8 Å². The van der Waals surface area contributed by atoms with E-state index in [2.05, 4.69) is 30.6 Å². The van der Waals surface area contributed by atoms with Gasteiger partial charge < -0.3 is 9.80 Å². The second-order valence-electron chi connectivity index (χ2n) is 8.49. The summed E-state index contributed by atoms with van der Waals surface area (Å²) >= 11 is 0. The van der Waals surface area contributed by atoms with Crippen molar-refractivity contribution in [2.24, 2.45) is 0 Å². The zero-order valence-corrected chi connectivity index (χ0v) is 18.1. The van der Waals surface area contributed by atoms with Crippen LogP contribution in [0, 0.1) is 0 Å². The fraction of sp³-hybridized carbons (Fsp3) is 0.905. The van der Waals surface area contributed by atoms with Crippen molar-refractivity contribution in [1.29, 1.82) is 0 Å². The van der Waals surface area contributed by atoms with E-state index in [1.807, 2.05) is 9.80 Å². The highest BCUT2D eigenvalue weighted by Gasteiger charge is 2.35. The number of carbonyl (C=O) groups is 2. The van der Waals surface area contributed by atoms with Crippen LogP contribution in [0.3, 0.4) is 0 Å². The van der Waals surface area contributed by atoms with Gasteiger partial charge in [0.25, 0.3) is 0 Å². The second kappa shape index (κ2) is 10.4. The van der Waals surface area contributed by atoms with Crippen molar-refractivity contribution in [3.8, 4) is 0 Å². The molecule has 2 amide bonds. The van der Waals surface area contributed by atoms with Gasteiger partial charge in [-0.25, -0.2) is 0 Å². The van der Waals surface area contributed by atoms with Crippen LogP contribution in [0.4, 0.5) is 0 Å². The molecule has 6 nitrogen and oxygen atoms in total. The van der Waals surface area contributed by atoms with Gasteiger partial charge in [-0.15, -0.1) is 0 Å². The number of unbranched alkanes of at least 4 members (excludes halogenated alkanes) is 3. The number of nitrogens with zero attached hydrogens (tertiary/aromatic N) is 4. The number of carbonyl (C=O) groups excluding carboxylic acids is 2. The van der Waals surface area contributed by atoms with Gasteiger partial charge in [-0.05, 0) is 33.1 Å². The Morgan fingerprint density at radius 2 is 1.33 bits per heavy atom. The molecule has 0 aromatic rings. The summed E-state index contributed by atoms with van der Waals surface area (Å²) in [5.74, 6) is 0.323. The zero-order chi connectivity index (χ0) is 20.0. The van der Waals surface area contributed by atoms with Crippen molar-refractivity contribution in [3.05, 3.63) is 0 Å². The summed E-state index contributed by atoms with van der Waals surface area (Å²) in [6, 6.07) is 0.629. The quantitative estimate of drug-likeness (QED) is 0.637. The molecule has 6 heteroatoms. The molecule has 0 radical (unpaired) electrons. The van der Waals surface area contributed by atoms with Gasteiger partial charge in [0.15, 0.2) is 0 Å². The minimum Gasteiger partial charge on any atom is -0.327 e. The highest BCUT2D eigenvalue weighted by molar-refractivity contribution is 5.74. The minimum atomic E-state index is 0.162. The van der Waals surface area contributed by atoms with E-state index < -0.39 is 0 Å². The zero-order valence-electron chi connectivity index (χ0n) is 18.1.